The number of nitrogens with two attached hydrogens (primary N) is 1. The number of aryl methyl sites for hydroxylation is 1. The van der Waals surface area contributed by atoms with E-state index in [1.165, 1.54) is 5.56 Å². The first-order valence-corrected chi connectivity index (χ1v) is 5.24. The summed E-state index contributed by atoms with van der Waals surface area (Å²) in [5.41, 5.74) is 6.66. The maximum absolute atomic E-state index is 5.70. The number of benzene rings is 1. The van der Waals surface area contributed by atoms with Crippen molar-refractivity contribution in [1.29, 1.82) is 0 Å². The Kier molecular flexibility index (Phi) is 2.42. The van der Waals surface area contributed by atoms with Crippen LogP contribution >= 0.6 is 0 Å². The standard InChI is InChI=1S/C12H16N4/c1-12(2,9-7-5-4-6-8-9)10-14-11(13)16(3)15-10/h4-8H,1-3H3,(H2,13,14,15). The molecule has 0 amide bonds. The molecule has 1 aromatic carbocycles. The molecule has 0 fully saturated rings. The number of hydrogen-bond acceptors (Lipinski definition) is 3. The first kappa shape index (κ1) is 10.7. The molecule has 0 aliphatic heterocycles. The van der Waals surface area contributed by atoms with E-state index in [9.17, 15) is 0 Å². The molecule has 0 radical (unpaired) electrons. The SMILES string of the molecule is Cn1nc(C(C)(C)c2ccccc2)nc1N. The molecule has 0 bridgehead atoms. The topological polar surface area (TPSA) is 56.7 Å². The van der Waals surface area contributed by atoms with Crippen LogP contribution in [0.4, 0.5) is 5.95 Å². The summed E-state index contributed by atoms with van der Waals surface area (Å²) in [4.78, 5) is 4.29. The van der Waals surface area contributed by atoms with Crippen molar-refractivity contribution < 1.29 is 0 Å². The molecule has 2 N–H and O–H groups in total. The second-order valence-corrected chi connectivity index (χ2v) is 4.41. The summed E-state index contributed by atoms with van der Waals surface area (Å²) in [5.74, 6) is 1.19. The number of hydrogen-bond donors (Lipinski definition) is 1. The van der Waals surface area contributed by atoms with Crippen LogP contribution in [-0.4, -0.2) is 14.8 Å². The van der Waals surface area contributed by atoms with Crippen molar-refractivity contribution in [3.05, 3.63) is 41.7 Å². The second kappa shape index (κ2) is 3.63. The third-order valence-corrected chi connectivity index (χ3v) is 2.85. The number of rotatable bonds is 2. The van der Waals surface area contributed by atoms with E-state index in [0.717, 1.165) is 5.82 Å². The van der Waals surface area contributed by atoms with Crippen molar-refractivity contribution in [2.75, 3.05) is 5.73 Å². The summed E-state index contributed by atoms with van der Waals surface area (Å²) in [5, 5.41) is 4.34. The fraction of sp³-hybridized carbons (Fsp3) is 0.333. The number of anilines is 1. The molecule has 4 nitrogen and oxygen atoms in total. The zero-order valence-corrected chi connectivity index (χ0v) is 9.81. The highest BCUT2D eigenvalue weighted by molar-refractivity contribution is 5.32. The van der Waals surface area contributed by atoms with Crippen molar-refractivity contribution in [3.63, 3.8) is 0 Å². The van der Waals surface area contributed by atoms with E-state index < -0.39 is 0 Å². The summed E-state index contributed by atoms with van der Waals surface area (Å²) < 4.78 is 1.60. The van der Waals surface area contributed by atoms with Crippen LogP contribution in [0.2, 0.25) is 0 Å². The Labute approximate surface area is 95.1 Å². The minimum atomic E-state index is -0.226. The van der Waals surface area contributed by atoms with Gasteiger partial charge in [0.15, 0.2) is 5.82 Å². The summed E-state index contributed by atoms with van der Waals surface area (Å²) in [6.45, 7) is 4.19. The maximum atomic E-state index is 5.70. The van der Waals surface area contributed by atoms with Gasteiger partial charge in [-0.15, -0.1) is 0 Å². The van der Waals surface area contributed by atoms with Crippen LogP contribution in [0.25, 0.3) is 0 Å². The van der Waals surface area contributed by atoms with Gasteiger partial charge in [0.05, 0.1) is 5.41 Å². The van der Waals surface area contributed by atoms with Gasteiger partial charge in [0.25, 0.3) is 0 Å². The second-order valence-electron chi connectivity index (χ2n) is 4.41. The van der Waals surface area contributed by atoms with Crippen LogP contribution in [0.5, 0.6) is 0 Å². The van der Waals surface area contributed by atoms with Gasteiger partial charge in [-0.05, 0) is 19.4 Å². The molecule has 0 aliphatic carbocycles. The lowest BCUT2D eigenvalue weighted by molar-refractivity contribution is 0.580. The molecule has 0 unspecified atom stereocenters. The van der Waals surface area contributed by atoms with Crippen molar-refractivity contribution in [1.82, 2.24) is 14.8 Å². The first-order valence-electron chi connectivity index (χ1n) is 5.24. The highest BCUT2D eigenvalue weighted by atomic mass is 15.4. The quantitative estimate of drug-likeness (QED) is 0.831. The minimum Gasteiger partial charge on any atom is -0.368 e. The van der Waals surface area contributed by atoms with Gasteiger partial charge < -0.3 is 5.73 Å². The Morgan fingerprint density at radius 2 is 1.81 bits per heavy atom. The molecule has 16 heavy (non-hydrogen) atoms. The lowest BCUT2D eigenvalue weighted by Crippen LogP contribution is -2.21. The van der Waals surface area contributed by atoms with Gasteiger partial charge in [0.1, 0.15) is 0 Å². The molecule has 84 valence electrons. The number of nitrogens with zero attached hydrogens (tertiary/aromatic N) is 3. The Bertz CT molecular complexity index is 465. The molecule has 2 rings (SSSR count). The molecule has 0 saturated carbocycles. The summed E-state index contributed by atoms with van der Waals surface area (Å²) in [7, 11) is 1.80. The molecule has 4 heteroatoms. The van der Waals surface area contributed by atoms with E-state index in [1.54, 1.807) is 11.7 Å². The van der Waals surface area contributed by atoms with Crippen molar-refractivity contribution in [2.45, 2.75) is 19.3 Å². The van der Waals surface area contributed by atoms with Gasteiger partial charge in [0, 0.05) is 7.05 Å². The van der Waals surface area contributed by atoms with Crippen LogP contribution in [0.3, 0.4) is 0 Å². The molecule has 1 heterocycles. The van der Waals surface area contributed by atoms with E-state index in [4.69, 9.17) is 5.73 Å². The Morgan fingerprint density at radius 3 is 2.31 bits per heavy atom. The first-order chi connectivity index (χ1) is 7.51. The molecule has 0 saturated heterocycles. The third kappa shape index (κ3) is 1.66. The van der Waals surface area contributed by atoms with E-state index in [0.29, 0.717) is 5.95 Å². The molecule has 0 atom stereocenters. The van der Waals surface area contributed by atoms with Crippen LogP contribution in [0.1, 0.15) is 25.2 Å². The molecular weight excluding hydrogens is 200 g/mol. The Hall–Kier alpha value is -1.84. The maximum Gasteiger partial charge on any atom is 0.218 e. The fourth-order valence-electron chi connectivity index (χ4n) is 1.65. The zero-order chi connectivity index (χ0) is 11.8. The summed E-state index contributed by atoms with van der Waals surface area (Å²) in [6, 6.07) is 10.2. The molecule has 0 spiro atoms. The van der Waals surface area contributed by atoms with E-state index in [-0.39, 0.29) is 5.41 Å². The lowest BCUT2D eigenvalue weighted by atomic mass is 9.84. The van der Waals surface area contributed by atoms with Crippen LogP contribution in [-0.2, 0) is 12.5 Å². The van der Waals surface area contributed by atoms with Gasteiger partial charge in [-0.1, -0.05) is 30.3 Å². The van der Waals surface area contributed by atoms with Gasteiger partial charge in [-0.25, -0.2) is 4.68 Å². The van der Waals surface area contributed by atoms with Gasteiger partial charge in [-0.3, -0.25) is 0 Å². The average molecular weight is 216 g/mol. The average Bonchev–Trinajstić information content (AvgIpc) is 2.61. The molecular formula is C12H16N4. The summed E-state index contributed by atoms with van der Waals surface area (Å²) in [6.07, 6.45) is 0. The largest absolute Gasteiger partial charge is 0.368 e. The zero-order valence-electron chi connectivity index (χ0n) is 9.81. The summed E-state index contributed by atoms with van der Waals surface area (Å²) >= 11 is 0. The monoisotopic (exact) mass is 216 g/mol. The predicted molar refractivity (Wildman–Crippen MR) is 64.0 cm³/mol. The molecule has 0 aliphatic rings. The predicted octanol–water partition coefficient (Wildman–Crippen LogP) is 1.72. The van der Waals surface area contributed by atoms with E-state index in [1.807, 2.05) is 18.2 Å². The fourth-order valence-corrected chi connectivity index (χ4v) is 1.65. The highest BCUT2D eigenvalue weighted by Gasteiger charge is 2.27. The lowest BCUT2D eigenvalue weighted by Gasteiger charge is -2.21. The minimum absolute atomic E-state index is 0.226. The van der Waals surface area contributed by atoms with Gasteiger partial charge >= 0.3 is 0 Å². The Balaban J connectivity index is 2.46. The van der Waals surface area contributed by atoms with Crippen molar-refractivity contribution in [2.24, 2.45) is 7.05 Å². The van der Waals surface area contributed by atoms with Crippen LogP contribution < -0.4 is 5.73 Å². The van der Waals surface area contributed by atoms with Gasteiger partial charge in [0.2, 0.25) is 5.95 Å². The highest BCUT2D eigenvalue weighted by Crippen LogP contribution is 2.28. The third-order valence-electron chi connectivity index (χ3n) is 2.85. The number of nitrogen functional groups attached to an aromatic ring is 1. The van der Waals surface area contributed by atoms with Crippen molar-refractivity contribution >= 4 is 5.95 Å². The number of aromatic nitrogens is 3. The smallest absolute Gasteiger partial charge is 0.218 e. The van der Waals surface area contributed by atoms with Crippen LogP contribution in [0, 0.1) is 0 Å². The van der Waals surface area contributed by atoms with E-state index in [2.05, 4.69) is 36.1 Å². The van der Waals surface area contributed by atoms with E-state index >= 15 is 0 Å². The normalized spacial score (nSPS) is 11.7. The van der Waals surface area contributed by atoms with Gasteiger partial charge in [-0.2, -0.15) is 10.1 Å². The molecule has 2 aromatic rings. The van der Waals surface area contributed by atoms with Crippen LogP contribution in [0.15, 0.2) is 30.3 Å². The van der Waals surface area contributed by atoms with Crippen molar-refractivity contribution in [3.8, 4) is 0 Å². The molecule has 1 aromatic heterocycles. The Morgan fingerprint density at radius 1 is 1.19 bits per heavy atom.